The van der Waals surface area contributed by atoms with Crippen LogP contribution in [0.2, 0.25) is 0 Å². The van der Waals surface area contributed by atoms with Crippen molar-refractivity contribution < 1.29 is 14.3 Å². The van der Waals surface area contributed by atoms with E-state index in [2.05, 4.69) is 34.1 Å². The molecule has 4 rings (SSSR count). The molecule has 0 spiro atoms. The maximum absolute atomic E-state index is 13.9. The smallest absolute Gasteiger partial charge is 0.181 e. The van der Waals surface area contributed by atoms with Gasteiger partial charge in [0.1, 0.15) is 0 Å². The Balaban J connectivity index is 1.74. The number of Topliss-reactive ketones (excluding diaryl/α,β-unsaturated/α-hetero) is 1. The van der Waals surface area contributed by atoms with Crippen molar-refractivity contribution in [3.8, 4) is 0 Å². The van der Waals surface area contributed by atoms with E-state index in [0.717, 1.165) is 37.3 Å². The number of nitrogens with zero attached hydrogens (tertiary/aromatic N) is 2. The number of hydrogen-bond donors (Lipinski definition) is 0. The fourth-order valence-corrected chi connectivity index (χ4v) is 4.35. The van der Waals surface area contributed by atoms with Crippen LogP contribution in [0.15, 0.2) is 54.6 Å². The molecule has 2 fully saturated rings. The molecule has 0 amide bonds. The Kier molecular flexibility index (Phi) is 6.72. The molecule has 2 atom stereocenters. The van der Waals surface area contributed by atoms with Crippen LogP contribution < -0.4 is 0 Å². The van der Waals surface area contributed by atoms with Gasteiger partial charge >= 0.3 is 0 Å². The Bertz CT molecular complexity index is 782. The van der Waals surface area contributed by atoms with Crippen LogP contribution in [-0.2, 0) is 9.47 Å². The van der Waals surface area contributed by atoms with Gasteiger partial charge in [0.05, 0.1) is 38.5 Å². The van der Waals surface area contributed by atoms with E-state index < -0.39 is 0 Å². The van der Waals surface area contributed by atoms with Crippen LogP contribution >= 0.6 is 0 Å². The minimum absolute atomic E-state index is 0.00740. The molecule has 2 heterocycles. The molecule has 2 aliphatic rings. The highest BCUT2D eigenvalue weighted by molar-refractivity contribution is 6.00. The van der Waals surface area contributed by atoms with E-state index >= 15 is 0 Å². The maximum atomic E-state index is 13.9. The van der Waals surface area contributed by atoms with Crippen LogP contribution in [0, 0.1) is 6.92 Å². The van der Waals surface area contributed by atoms with Gasteiger partial charge in [-0.2, -0.15) is 0 Å². The number of carbonyl (C=O) groups excluding carboxylic acids is 1. The molecule has 2 aromatic rings. The summed E-state index contributed by atoms with van der Waals surface area (Å²) in [5, 5.41) is 0. The molecule has 0 N–H and O–H groups in total. The summed E-state index contributed by atoms with van der Waals surface area (Å²) in [4.78, 5) is 18.6. The third-order valence-corrected chi connectivity index (χ3v) is 5.92. The van der Waals surface area contributed by atoms with Gasteiger partial charge in [-0.15, -0.1) is 0 Å². The Morgan fingerprint density at radius 2 is 1.34 bits per heavy atom. The Hall–Kier alpha value is -2.05. The van der Waals surface area contributed by atoms with E-state index in [1.54, 1.807) is 0 Å². The summed E-state index contributed by atoms with van der Waals surface area (Å²) in [5.41, 5.74) is 3.13. The summed E-state index contributed by atoms with van der Waals surface area (Å²) in [7, 11) is 0. The Labute approximate surface area is 173 Å². The van der Waals surface area contributed by atoms with Gasteiger partial charge in [-0.05, 0) is 12.5 Å². The number of ketones is 1. The molecule has 0 aliphatic carbocycles. The number of hydrogen-bond acceptors (Lipinski definition) is 5. The average molecular weight is 395 g/mol. The van der Waals surface area contributed by atoms with Crippen molar-refractivity contribution in [2.45, 2.75) is 19.0 Å². The summed E-state index contributed by atoms with van der Waals surface area (Å²) in [6.45, 7) is 8.02. The van der Waals surface area contributed by atoms with E-state index in [4.69, 9.17) is 9.47 Å². The molecule has 2 saturated heterocycles. The highest BCUT2D eigenvalue weighted by atomic mass is 16.5. The van der Waals surface area contributed by atoms with Crippen molar-refractivity contribution in [1.29, 1.82) is 0 Å². The predicted octanol–water partition coefficient (Wildman–Crippen LogP) is 2.95. The summed E-state index contributed by atoms with van der Waals surface area (Å²) < 4.78 is 11.2. The highest BCUT2D eigenvalue weighted by Crippen LogP contribution is 2.31. The van der Waals surface area contributed by atoms with Gasteiger partial charge in [0.2, 0.25) is 0 Å². The van der Waals surface area contributed by atoms with Crippen molar-refractivity contribution in [3.05, 3.63) is 71.3 Å². The van der Waals surface area contributed by atoms with Crippen molar-refractivity contribution >= 4 is 5.78 Å². The second-order valence-corrected chi connectivity index (χ2v) is 7.83. The third-order valence-electron chi connectivity index (χ3n) is 5.92. The van der Waals surface area contributed by atoms with Crippen LogP contribution in [0.25, 0.3) is 0 Å². The topological polar surface area (TPSA) is 42.0 Å². The zero-order chi connectivity index (χ0) is 20.1. The lowest BCUT2D eigenvalue weighted by Gasteiger charge is -2.44. The van der Waals surface area contributed by atoms with E-state index in [0.29, 0.717) is 26.4 Å². The van der Waals surface area contributed by atoms with Crippen LogP contribution in [0.3, 0.4) is 0 Å². The average Bonchev–Trinajstić information content (AvgIpc) is 2.79. The van der Waals surface area contributed by atoms with Gasteiger partial charge in [-0.3, -0.25) is 14.6 Å². The van der Waals surface area contributed by atoms with Gasteiger partial charge < -0.3 is 9.47 Å². The Morgan fingerprint density at radius 1 is 0.793 bits per heavy atom. The normalized spacial score (nSPS) is 20.9. The zero-order valence-electron chi connectivity index (χ0n) is 17.1. The zero-order valence-corrected chi connectivity index (χ0v) is 17.1. The van der Waals surface area contributed by atoms with E-state index in [1.165, 1.54) is 5.56 Å². The van der Waals surface area contributed by atoms with Crippen LogP contribution in [-0.4, -0.2) is 74.2 Å². The molecule has 0 bridgehead atoms. The molecular formula is C24H30N2O3. The van der Waals surface area contributed by atoms with Crippen LogP contribution in [0.1, 0.15) is 27.5 Å². The predicted molar refractivity (Wildman–Crippen MR) is 113 cm³/mol. The standard InChI is InChI=1S/C24H30N2O3/c1-19-7-9-21(10-8-19)24(27)23(26-13-17-29-18-14-26)22(20-5-3-2-4-6-20)25-11-15-28-16-12-25/h2-10,22-23H,11-18H2,1H3/t22-,23-/m1/s1. The van der Waals surface area contributed by atoms with E-state index in [9.17, 15) is 4.79 Å². The lowest BCUT2D eigenvalue weighted by Crippen LogP contribution is -2.55. The lowest BCUT2D eigenvalue weighted by molar-refractivity contribution is -0.0301. The summed E-state index contributed by atoms with van der Waals surface area (Å²) >= 11 is 0. The number of aryl methyl sites for hydroxylation is 1. The third kappa shape index (κ3) is 4.75. The molecule has 0 saturated carbocycles. The number of rotatable bonds is 6. The number of carbonyl (C=O) groups is 1. The van der Waals surface area contributed by atoms with Gasteiger partial charge in [0.15, 0.2) is 5.78 Å². The summed E-state index contributed by atoms with van der Waals surface area (Å²) in [6, 6.07) is 18.2. The molecule has 0 unspecified atom stereocenters. The number of ether oxygens (including phenoxy) is 2. The minimum atomic E-state index is -0.248. The summed E-state index contributed by atoms with van der Waals surface area (Å²) in [5.74, 6) is 0.187. The number of benzene rings is 2. The fourth-order valence-electron chi connectivity index (χ4n) is 4.35. The first-order valence-electron chi connectivity index (χ1n) is 10.5. The second kappa shape index (κ2) is 9.63. The molecule has 0 aromatic heterocycles. The first-order valence-corrected chi connectivity index (χ1v) is 10.5. The first-order chi connectivity index (χ1) is 14.2. The molecule has 154 valence electrons. The largest absolute Gasteiger partial charge is 0.379 e. The lowest BCUT2D eigenvalue weighted by atomic mass is 9.89. The van der Waals surface area contributed by atoms with E-state index in [1.807, 2.05) is 37.3 Å². The highest BCUT2D eigenvalue weighted by Gasteiger charge is 2.39. The number of morpholine rings is 2. The molecule has 2 aromatic carbocycles. The SMILES string of the molecule is Cc1ccc(C(=O)[C@@H]([C@@H](c2ccccc2)N2CCOCC2)N2CCOCC2)cc1. The van der Waals surface area contributed by atoms with Crippen molar-refractivity contribution in [2.75, 3.05) is 52.6 Å². The van der Waals surface area contributed by atoms with Crippen molar-refractivity contribution in [2.24, 2.45) is 0 Å². The van der Waals surface area contributed by atoms with Crippen molar-refractivity contribution in [3.63, 3.8) is 0 Å². The quantitative estimate of drug-likeness (QED) is 0.705. The molecule has 29 heavy (non-hydrogen) atoms. The van der Waals surface area contributed by atoms with Crippen molar-refractivity contribution in [1.82, 2.24) is 9.80 Å². The molecule has 5 heteroatoms. The van der Waals surface area contributed by atoms with Crippen LogP contribution in [0.5, 0.6) is 0 Å². The maximum Gasteiger partial charge on any atom is 0.181 e. The molecule has 0 radical (unpaired) electrons. The van der Waals surface area contributed by atoms with Gasteiger partial charge in [0, 0.05) is 31.7 Å². The molecular weight excluding hydrogens is 364 g/mol. The van der Waals surface area contributed by atoms with Gasteiger partial charge in [-0.25, -0.2) is 0 Å². The van der Waals surface area contributed by atoms with Gasteiger partial charge in [0.25, 0.3) is 0 Å². The minimum Gasteiger partial charge on any atom is -0.379 e. The molecule has 5 nitrogen and oxygen atoms in total. The van der Waals surface area contributed by atoms with Crippen LogP contribution in [0.4, 0.5) is 0 Å². The Morgan fingerprint density at radius 3 is 1.93 bits per heavy atom. The second-order valence-electron chi connectivity index (χ2n) is 7.83. The summed E-state index contributed by atoms with van der Waals surface area (Å²) in [6.07, 6.45) is 0. The molecule has 2 aliphatic heterocycles. The van der Waals surface area contributed by atoms with Gasteiger partial charge in [-0.1, -0.05) is 60.2 Å². The fraction of sp³-hybridized carbons (Fsp3) is 0.458. The first kappa shape index (κ1) is 20.2. The monoisotopic (exact) mass is 394 g/mol. The van der Waals surface area contributed by atoms with E-state index in [-0.39, 0.29) is 17.9 Å².